The van der Waals surface area contributed by atoms with Crippen LogP contribution in [0.25, 0.3) is 0 Å². The van der Waals surface area contributed by atoms with Gasteiger partial charge >= 0.3 is 0 Å². The molecule has 0 amide bonds. The van der Waals surface area contributed by atoms with Gasteiger partial charge in [0.15, 0.2) is 0 Å². The highest BCUT2D eigenvalue weighted by molar-refractivity contribution is 7.80. The molecule has 1 fully saturated rings. The van der Waals surface area contributed by atoms with Crippen LogP contribution in [-0.4, -0.2) is 54.3 Å². The highest BCUT2D eigenvalue weighted by atomic mass is 32.1. The van der Waals surface area contributed by atoms with E-state index >= 15 is 0 Å². The molecule has 1 heterocycles. The van der Waals surface area contributed by atoms with E-state index in [4.69, 9.17) is 18.0 Å². The topological polar surface area (TPSA) is 52.7 Å². The smallest absolute Gasteiger partial charge is 0.104 e. The average Bonchev–Trinajstić information content (AvgIpc) is 2.68. The Hall–Kier alpha value is -1.17. The highest BCUT2D eigenvalue weighted by Crippen LogP contribution is 2.28. The summed E-state index contributed by atoms with van der Waals surface area (Å²) in [5, 5.41) is 9.96. The number of aliphatic hydroxyl groups is 1. The van der Waals surface area contributed by atoms with E-state index in [1.54, 1.807) is 0 Å². The first-order chi connectivity index (χ1) is 9.38. The fourth-order valence-electron chi connectivity index (χ4n) is 2.91. The number of rotatable bonds is 4. The molecule has 1 aromatic rings. The summed E-state index contributed by atoms with van der Waals surface area (Å²) in [5.74, 6) is 0. The van der Waals surface area contributed by atoms with Crippen LogP contribution >= 0.6 is 12.2 Å². The number of nitrogens with two attached hydrogens (primary N) is 1. The van der Waals surface area contributed by atoms with E-state index in [0.717, 1.165) is 29.8 Å². The van der Waals surface area contributed by atoms with E-state index in [9.17, 15) is 5.11 Å². The third-order valence-corrected chi connectivity index (χ3v) is 4.00. The van der Waals surface area contributed by atoms with Crippen LogP contribution in [0.5, 0.6) is 0 Å². The maximum Gasteiger partial charge on any atom is 0.104 e. The zero-order valence-electron chi connectivity index (χ0n) is 12.3. The minimum Gasteiger partial charge on any atom is -0.391 e. The van der Waals surface area contributed by atoms with Gasteiger partial charge in [0.1, 0.15) is 4.99 Å². The van der Waals surface area contributed by atoms with Gasteiger partial charge in [-0.15, -0.1) is 0 Å². The van der Waals surface area contributed by atoms with Gasteiger partial charge in [-0.3, -0.25) is 0 Å². The third kappa shape index (κ3) is 3.29. The van der Waals surface area contributed by atoms with Crippen LogP contribution in [0.1, 0.15) is 17.5 Å². The van der Waals surface area contributed by atoms with Crippen LogP contribution in [-0.2, 0) is 0 Å². The van der Waals surface area contributed by atoms with E-state index in [-0.39, 0.29) is 6.10 Å². The van der Waals surface area contributed by atoms with Crippen molar-refractivity contribution in [3.63, 3.8) is 0 Å². The minimum atomic E-state index is -0.254. The number of likely N-dealkylation sites (N-methyl/N-ethyl adjacent to an activating group) is 1. The van der Waals surface area contributed by atoms with Crippen molar-refractivity contribution in [2.45, 2.75) is 25.5 Å². The summed E-state index contributed by atoms with van der Waals surface area (Å²) in [4.78, 5) is 4.87. The SMILES string of the molecule is Cc1cc(N2CC(O)CC2CN(C)C)ccc1C(N)=S. The van der Waals surface area contributed by atoms with Gasteiger partial charge in [-0.25, -0.2) is 0 Å². The normalized spacial score (nSPS) is 22.6. The van der Waals surface area contributed by atoms with Gasteiger partial charge < -0.3 is 20.6 Å². The first-order valence-corrected chi connectivity index (χ1v) is 7.29. The molecule has 0 aliphatic carbocycles. The van der Waals surface area contributed by atoms with Crippen molar-refractivity contribution >= 4 is 22.9 Å². The molecule has 1 aliphatic heterocycles. The fourth-order valence-corrected chi connectivity index (χ4v) is 3.13. The Balaban J connectivity index is 2.25. The second-order valence-corrected chi connectivity index (χ2v) is 6.26. The first kappa shape index (κ1) is 15.2. The molecule has 1 aromatic carbocycles. The molecule has 0 saturated carbocycles. The van der Waals surface area contributed by atoms with Crippen LogP contribution in [0.3, 0.4) is 0 Å². The molecule has 3 N–H and O–H groups in total. The second kappa shape index (κ2) is 6.08. The van der Waals surface area contributed by atoms with Gasteiger partial charge in [-0.2, -0.15) is 0 Å². The van der Waals surface area contributed by atoms with Crippen molar-refractivity contribution in [3.8, 4) is 0 Å². The lowest BCUT2D eigenvalue weighted by Gasteiger charge is -2.29. The molecular formula is C15H23N3OS. The van der Waals surface area contributed by atoms with Gasteiger partial charge in [0.2, 0.25) is 0 Å². The Morgan fingerprint density at radius 3 is 2.75 bits per heavy atom. The lowest BCUT2D eigenvalue weighted by Crippen LogP contribution is -2.37. The van der Waals surface area contributed by atoms with Crippen molar-refractivity contribution in [2.24, 2.45) is 5.73 Å². The molecule has 4 nitrogen and oxygen atoms in total. The lowest BCUT2D eigenvalue weighted by atomic mass is 10.1. The number of anilines is 1. The molecule has 0 bridgehead atoms. The Labute approximate surface area is 126 Å². The zero-order valence-corrected chi connectivity index (χ0v) is 13.2. The van der Waals surface area contributed by atoms with E-state index in [1.165, 1.54) is 0 Å². The number of aryl methyl sites for hydroxylation is 1. The Morgan fingerprint density at radius 2 is 2.20 bits per heavy atom. The molecule has 20 heavy (non-hydrogen) atoms. The molecule has 5 heteroatoms. The maximum absolute atomic E-state index is 9.96. The van der Waals surface area contributed by atoms with Crippen molar-refractivity contribution in [1.82, 2.24) is 4.90 Å². The Kier molecular flexibility index (Phi) is 4.62. The molecule has 0 spiro atoms. The third-order valence-electron chi connectivity index (χ3n) is 3.78. The number of aliphatic hydroxyl groups excluding tert-OH is 1. The summed E-state index contributed by atoms with van der Waals surface area (Å²) in [5.41, 5.74) is 8.84. The maximum atomic E-state index is 9.96. The van der Waals surface area contributed by atoms with Crippen molar-refractivity contribution in [2.75, 3.05) is 32.1 Å². The summed E-state index contributed by atoms with van der Waals surface area (Å²) in [6, 6.07) is 6.47. The van der Waals surface area contributed by atoms with E-state index < -0.39 is 0 Å². The van der Waals surface area contributed by atoms with Gasteiger partial charge in [-0.1, -0.05) is 12.2 Å². The quantitative estimate of drug-likeness (QED) is 0.815. The van der Waals surface area contributed by atoms with Crippen molar-refractivity contribution in [3.05, 3.63) is 29.3 Å². The average molecular weight is 293 g/mol. The molecule has 1 aliphatic rings. The van der Waals surface area contributed by atoms with Gasteiger partial charge in [-0.05, 0) is 51.2 Å². The molecule has 2 atom stereocenters. The second-order valence-electron chi connectivity index (χ2n) is 5.82. The molecular weight excluding hydrogens is 270 g/mol. The summed E-state index contributed by atoms with van der Waals surface area (Å²) < 4.78 is 0. The summed E-state index contributed by atoms with van der Waals surface area (Å²) in [7, 11) is 4.12. The predicted octanol–water partition coefficient (Wildman–Crippen LogP) is 1.13. The van der Waals surface area contributed by atoms with Gasteiger partial charge in [0.05, 0.1) is 6.10 Å². The van der Waals surface area contributed by atoms with Gasteiger partial charge in [0.25, 0.3) is 0 Å². The zero-order chi connectivity index (χ0) is 14.9. The number of thiocarbonyl (C=S) groups is 1. The largest absolute Gasteiger partial charge is 0.391 e. The van der Waals surface area contributed by atoms with Crippen LogP contribution in [0.4, 0.5) is 5.69 Å². The van der Waals surface area contributed by atoms with Crippen LogP contribution in [0.2, 0.25) is 0 Å². The van der Waals surface area contributed by atoms with Gasteiger partial charge in [0, 0.05) is 30.4 Å². The van der Waals surface area contributed by atoms with Crippen LogP contribution in [0.15, 0.2) is 18.2 Å². The minimum absolute atomic E-state index is 0.254. The number of hydrogen-bond acceptors (Lipinski definition) is 4. The Morgan fingerprint density at radius 1 is 1.50 bits per heavy atom. The predicted molar refractivity (Wildman–Crippen MR) is 87.4 cm³/mol. The lowest BCUT2D eigenvalue weighted by molar-refractivity contribution is 0.191. The van der Waals surface area contributed by atoms with E-state index in [2.05, 4.69) is 30.0 Å². The summed E-state index contributed by atoms with van der Waals surface area (Å²) >= 11 is 5.04. The standard InChI is InChI=1S/C15H23N3OS/c1-10-6-11(4-5-14(10)15(16)20)18-9-13(19)7-12(18)8-17(2)3/h4-6,12-13,19H,7-9H2,1-3H3,(H2,16,20). The molecule has 1 saturated heterocycles. The van der Waals surface area contributed by atoms with Crippen LogP contribution in [0, 0.1) is 6.92 Å². The number of hydrogen-bond donors (Lipinski definition) is 2. The highest BCUT2D eigenvalue weighted by Gasteiger charge is 2.31. The number of nitrogens with zero attached hydrogens (tertiary/aromatic N) is 2. The fraction of sp³-hybridized carbons (Fsp3) is 0.533. The summed E-state index contributed by atoms with van der Waals surface area (Å²) in [6.07, 6.45) is 0.560. The molecule has 110 valence electrons. The van der Waals surface area contributed by atoms with E-state index in [1.807, 2.05) is 19.1 Å². The molecule has 0 aromatic heterocycles. The molecule has 2 unspecified atom stereocenters. The summed E-state index contributed by atoms with van der Waals surface area (Å²) in [6.45, 7) is 3.64. The monoisotopic (exact) mass is 293 g/mol. The molecule has 0 radical (unpaired) electrons. The number of benzene rings is 1. The van der Waals surface area contributed by atoms with E-state index in [0.29, 0.717) is 17.6 Å². The van der Waals surface area contributed by atoms with Crippen molar-refractivity contribution in [1.29, 1.82) is 0 Å². The Bertz CT molecular complexity index is 504. The first-order valence-electron chi connectivity index (χ1n) is 6.88. The van der Waals surface area contributed by atoms with Crippen LogP contribution < -0.4 is 10.6 Å². The van der Waals surface area contributed by atoms with Crippen molar-refractivity contribution < 1.29 is 5.11 Å². The number of β-amino-alcohol motifs (C(OH)–C–C–N with tert-alkyl or cyclic N) is 1. The molecule has 2 rings (SSSR count).